The van der Waals surface area contributed by atoms with E-state index in [1.165, 1.54) is 11.3 Å². The predicted octanol–water partition coefficient (Wildman–Crippen LogP) is 3.70. The summed E-state index contributed by atoms with van der Waals surface area (Å²) < 4.78 is 29.7. The van der Waals surface area contributed by atoms with E-state index in [0.29, 0.717) is 43.6 Å². The topological polar surface area (TPSA) is 97.6 Å². The Balaban J connectivity index is 1.64. The van der Waals surface area contributed by atoms with Crippen LogP contribution in [0.25, 0.3) is 16.8 Å². The van der Waals surface area contributed by atoms with Gasteiger partial charge in [0.2, 0.25) is 6.79 Å². The van der Waals surface area contributed by atoms with E-state index in [1.54, 1.807) is 38.7 Å². The summed E-state index contributed by atoms with van der Waals surface area (Å²) in [5.41, 5.74) is 1.88. The molecule has 0 spiro atoms. The number of hydrogen-bond donors (Lipinski definition) is 0. The minimum atomic E-state index is -0.847. The van der Waals surface area contributed by atoms with Crippen molar-refractivity contribution in [2.24, 2.45) is 4.99 Å². The van der Waals surface area contributed by atoms with Crippen molar-refractivity contribution in [2.75, 3.05) is 27.6 Å². The molecule has 2 aliphatic heterocycles. The Morgan fingerprint density at radius 2 is 1.90 bits per heavy atom. The Kier molecular flexibility index (Phi) is 6.55. The molecule has 204 valence electrons. The summed E-state index contributed by atoms with van der Waals surface area (Å²) in [7, 11) is 3.16. The summed E-state index contributed by atoms with van der Waals surface area (Å²) in [5.74, 6) is 1.89. The number of carbonyl (C=O) groups is 1. The maximum atomic E-state index is 14.1. The minimum absolute atomic E-state index is 0.161. The van der Waals surface area contributed by atoms with Gasteiger partial charge in [-0.25, -0.2) is 9.79 Å². The van der Waals surface area contributed by atoms with Gasteiger partial charge in [-0.2, -0.15) is 0 Å². The number of fused-ring (bicyclic) bond motifs is 3. The average Bonchev–Trinajstić information content (AvgIpc) is 3.55. The normalized spacial score (nSPS) is 16.1. The van der Waals surface area contributed by atoms with Gasteiger partial charge in [-0.05, 0) is 66.6 Å². The van der Waals surface area contributed by atoms with E-state index in [0.717, 1.165) is 16.3 Å². The maximum absolute atomic E-state index is 14.1. The first-order valence-electron chi connectivity index (χ1n) is 12.7. The van der Waals surface area contributed by atoms with Gasteiger partial charge in [0.25, 0.3) is 5.56 Å². The largest absolute Gasteiger partial charge is 0.497 e. The summed E-state index contributed by atoms with van der Waals surface area (Å²) in [6.07, 6.45) is 1.79. The number of esters is 1. The van der Waals surface area contributed by atoms with Crippen LogP contribution in [0.4, 0.5) is 0 Å². The predicted molar refractivity (Wildman–Crippen MR) is 150 cm³/mol. The van der Waals surface area contributed by atoms with Gasteiger partial charge >= 0.3 is 5.97 Å². The number of ether oxygens (including phenoxy) is 5. The number of carbonyl (C=O) groups excluding carboxylic acids is 1. The van der Waals surface area contributed by atoms with Crippen LogP contribution in [0.15, 0.2) is 69.6 Å². The Hall–Kier alpha value is -4.57. The molecule has 3 aromatic carbocycles. The van der Waals surface area contributed by atoms with Gasteiger partial charge in [0, 0.05) is 5.56 Å². The molecule has 9 nitrogen and oxygen atoms in total. The molecule has 40 heavy (non-hydrogen) atoms. The number of nitrogens with zero attached hydrogens (tertiary/aromatic N) is 2. The van der Waals surface area contributed by atoms with Crippen LogP contribution < -0.4 is 33.8 Å². The number of hydrogen-bond acceptors (Lipinski definition) is 9. The van der Waals surface area contributed by atoms with E-state index in [4.69, 9.17) is 23.7 Å². The van der Waals surface area contributed by atoms with Crippen LogP contribution in [0.2, 0.25) is 0 Å². The Morgan fingerprint density at radius 3 is 2.67 bits per heavy atom. The molecular weight excluding hydrogens is 532 g/mol. The van der Waals surface area contributed by atoms with Crippen LogP contribution in [0.5, 0.6) is 23.0 Å². The van der Waals surface area contributed by atoms with Gasteiger partial charge in [0.05, 0.1) is 36.6 Å². The minimum Gasteiger partial charge on any atom is -0.497 e. The molecule has 10 heteroatoms. The summed E-state index contributed by atoms with van der Waals surface area (Å²) >= 11 is 1.25. The zero-order chi connectivity index (χ0) is 28.0. The van der Waals surface area contributed by atoms with Crippen molar-refractivity contribution in [2.45, 2.75) is 19.9 Å². The van der Waals surface area contributed by atoms with Gasteiger partial charge in [0.15, 0.2) is 16.3 Å². The monoisotopic (exact) mass is 558 g/mol. The molecule has 6 rings (SSSR count). The van der Waals surface area contributed by atoms with E-state index in [2.05, 4.69) is 4.99 Å². The SMILES string of the molecule is CCOC(=O)C1=C(C)N=c2sc(=Cc3ccc4c(c3)OCO4)c(=O)n2C1c1c(OC)ccc2ccc(OC)cc12. The van der Waals surface area contributed by atoms with Gasteiger partial charge < -0.3 is 23.7 Å². The van der Waals surface area contributed by atoms with Crippen molar-refractivity contribution in [1.82, 2.24) is 4.57 Å². The lowest BCUT2D eigenvalue weighted by molar-refractivity contribution is -0.139. The highest BCUT2D eigenvalue weighted by Crippen LogP contribution is 2.41. The van der Waals surface area contributed by atoms with Crippen molar-refractivity contribution in [1.29, 1.82) is 0 Å². The summed E-state index contributed by atoms with van der Waals surface area (Å²) in [5, 5.41) is 1.68. The van der Waals surface area contributed by atoms with Crippen LogP contribution in [-0.2, 0) is 9.53 Å². The molecule has 1 atom stereocenters. The van der Waals surface area contributed by atoms with Crippen molar-refractivity contribution in [3.63, 3.8) is 0 Å². The van der Waals surface area contributed by atoms with Crippen molar-refractivity contribution in [3.05, 3.63) is 90.6 Å². The highest BCUT2D eigenvalue weighted by atomic mass is 32.1. The Morgan fingerprint density at radius 1 is 1.10 bits per heavy atom. The number of thiazole rings is 1. The fourth-order valence-electron chi connectivity index (χ4n) is 5.11. The first kappa shape index (κ1) is 25.7. The third kappa shape index (κ3) is 4.21. The van der Waals surface area contributed by atoms with Gasteiger partial charge in [-0.3, -0.25) is 9.36 Å². The molecule has 0 fully saturated rings. The number of aromatic nitrogens is 1. The average molecular weight is 559 g/mol. The van der Waals surface area contributed by atoms with Gasteiger partial charge in [-0.15, -0.1) is 0 Å². The zero-order valence-corrected chi connectivity index (χ0v) is 23.2. The highest BCUT2D eigenvalue weighted by Gasteiger charge is 2.36. The number of allylic oxidation sites excluding steroid dienone is 1. The zero-order valence-electron chi connectivity index (χ0n) is 22.3. The van der Waals surface area contributed by atoms with Gasteiger partial charge in [-0.1, -0.05) is 29.5 Å². The number of methoxy groups -OCH3 is 2. The molecule has 1 aromatic heterocycles. The molecule has 0 N–H and O–H groups in total. The van der Waals surface area contributed by atoms with Crippen molar-refractivity contribution < 1.29 is 28.5 Å². The number of benzene rings is 3. The molecule has 0 bridgehead atoms. The number of rotatable bonds is 6. The molecule has 0 radical (unpaired) electrons. The first-order valence-corrected chi connectivity index (χ1v) is 13.5. The van der Waals surface area contributed by atoms with Crippen LogP contribution >= 0.6 is 11.3 Å². The summed E-state index contributed by atoms with van der Waals surface area (Å²) in [6.45, 7) is 3.84. The molecule has 4 aromatic rings. The molecule has 0 saturated carbocycles. The van der Waals surface area contributed by atoms with Gasteiger partial charge in [0.1, 0.15) is 17.5 Å². The van der Waals surface area contributed by atoms with Crippen LogP contribution in [-0.4, -0.2) is 38.2 Å². The van der Waals surface area contributed by atoms with Crippen LogP contribution in [0.1, 0.15) is 31.0 Å². The van der Waals surface area contributed by atoms with Crippen LogP contribution in [0, 0.1) is 0 Å². The second kappa shape index (κ2) is 10.2. The molecule has 2 aliphatic rings. The quantitative estimate of drug-likeness (QED) is 0.333. The third-order valence-electron chi connectivity index (χ3n) is 6.94. The van der Waals surface area contributed by atoms with Crippen molar-refractivity contribution in [3.8, 4) is 23.0 Å². The van der Waals surface area contributed by atoms with Crippen molar-refractivity contribution >= 4 is 34.2 Å². The summed E-state index contributed by atoms with van der Waals surface area (Å²) in [4.78, 5) is 32.7. The van der Waals surface area contributed by atoms with Crippen LogP contribution in [0.3, 0.4) is 0 Å². The second-order valence-electron chi connectivity index (χ2n) is 9.18. The Bertz CT molecular complexity index is 1880. The highest BCUT2D eigenvalue weighted by molar-refractivity contribution is 7.07. The Labute approximate surface area is 233 Å². The molecule has 3 heterocycles. The molecule has 1 unspecified atom stereocenters. The third-order valence-corrected chi connectivity index (χ3v) is 7.92. The van der Waals surface area contributed by atoms with E-state index in [1.807, 2.05) is 48.5 Å². The second-order valence-corrected chi connectivity index (χ2v) is 10.2. The smallest absolute Gasteiger partial charge is 0.338 e. The lowest BCUT2D eigenvalue weighted by Gasteiger charge is -2.27. The van der Waals surface area contributed by atoms with E-state index >= 15 is 0 Å². The first-order chi connectivity index (χ1) is 19.4. The fourth-order valence-corrected chi connectivity index (χ4v) is 6.15. The maximum Gasteiger partial charge on any atom is 0.338 e. The molecule has 0 aliphatic carbocycles. The molecular formula is C30H26N2O7S. The summed E-state index contributed by atoms with van der Waals surface area (Å²) in [6, 6.07) is 14.1. The molecule has 0 amide bonds. The lowest BCUT2D eigenvalue weighted by atomic mass is 9.90. The van der Waals surface area contributed by atoms with E-state index in [-0.39, 0.29) is 24.5 Å². The van der Waals surface area contributed by atoms with E-state index < -0.39 is 12.0 Å². The fraction of sp³-hybridized carbons (Fsp3) is 0.233. The standard InChI is InChI=1S/C30H26N2O7S/c1-5-37-29(34)25-16(2)31-30-32(28(33)24(40-30)13-17-6-10-21-23(12-17)39-15-38-21)27(25)26-20-14-19(35-3)9-7-18(20)8-11-22(26)36-4/h6-14,27H,5,15H2,1-4H3. The molecule has 0 saturated heterocycles. The lowest BCUT2D eigenvalue weighted by Crippen LogP contribution is -2.40. The van der Waals surface area contributed by atoms with E-state index in [9.17, 15) is 9.59 Å².